The van der Waals surface area contributed by atoms with Crippen molar-refractivity contribution in [2.24, 2.45) is 0 Å². The largest absolute Gasteiger partial charge is 0.322 e. The molecular formula is C13H7ClF2N2O3. The van der Waals surface area contributed by atoms with Crippen LogP contribution in [0.3, 0.4) is 0 Å². The summed E-state index contributed by atoms with van der Waals surface area (Å²) in [6.45, 7) is 0. The number of rotatable bonds is 3. The summed E-state index contributed by atoms with van der Waals surface area (Å²) in [4.78, 5) is 21.8. The Labute approximate surface area is 122 Å². The van der Waals surface area contributed by atoms with Crippen LogP contribution in [-0.4, -0.2) is 10.8 Å². The molecule has 8 heteroatoms. The number of nitro groups is 1. The minimum atomic E-state index is -1.29. The van der Waals surface area contributed by atoms with Crippen molar-refractivity contribution in [1.29, 1.82) is 0 Å². The Morgan fingerprint density at radius 3 is 2.62 bits per heavy atom. The molecule has 0 saturated carbocycles. The SMILES string of the molecule is O=C(Nc1ccc(Cl)c([N+](=O)[O-])c1)c1cccc(F)c1F. The van der Waals surface area contributed by atoms with Crippen LogP contribution in [-0.2, 0) is 0 Å². The molecule has 108 valence electrons. The van der Waals surface area contributed by atoms with Gasteiger partial charge >= 0.3 is 0 Å². The minimum absolute atomic E-state index is 0.0414. The molecule has 0 aliphatic rings. The molecule has 0 fully saturated rings. The van der Waals surface area contributed by atoms with E-state index in [4.69, 9.17) is 11.6 Å². The van der Waals surface area contributed by atoms with Gasteiger partial charge in [-0.3, -0.25) is 14.9 Å². The number of benzene rings is 2. The van der Waals surface area contributed by atoms with E-state index in [0.717, 1.165) is 18.2 Å². The van der Waals surface area contributed by atoms with Gasteiger partial charge in [0, 0.05) is 11.8 Å². The van der Waals surface area contributed by atoms with E-state index in [2.05, 4.69) is 5.32 Å². The summed E-state index contributed by atoms with van der Waals surface area (Å²) in [7, 11) is 0. The van der Waals surface area contributed by atoms with Crippen LogP contribution in [0.2, 0.25) is 5.02 Å². The van der Waals surface area contributed by atoms with Crippen LogP contribution >= 0.6 is 11.6 Å². The lowest BCUT2D eigenvalue weighted by Crippen LogP contribution is -2.14. The van der Waals surface area contributed by atoms with Crippen molar-refractivity contribution in [3.63, 3.8) is 0 Å². The first-order chi connectivity index (χ1) is 9.90. The van der Waals surface area contributed by atoms with E-state index < -0.39 is 33.7 Å². The molecule has 0 spiro atoms. The highest BCUT2D eigenvalue weighted by atomic mass is 35.5. The van der Waals surface area contributed by atoms with Crippen LogP contribution in [0.4, 0.5) is 20.2 Å². The van der Waals surface area contributed by atoms with Crippen molar-refractivity contribution >= 4 is 28.9 Å². The monoisotopic (exact) mass is 312 g/mol. The summed E-state index contributed by atoms with van der Waals surface area (Å²) in [6.07, 6.45) is 0. The molecular weight excluding hydrogens is 306 g/mol. The molecule has 2 aromatic rings. The first kappa shape index (κ1) is 14.9. The zero-order chi connectivity index (χ0) is 15.6. The third kappa shape index (κ3) is 3.14. The van der Waals surface area contributed by atoms with Gasteiger partial charge in [-0.15, -0.1) is 0 Å². The van der Waals surface area contributed by atoms with E-state index >= 15 is 0 Å². The van der Waals surface area contributed by atoms with Crippen LogP contribution in [0, 0.1) is 21.7 Å². The lowest BCUT2D eigenvalue weighted by molar-refractivity contribution is -0.384. The van der Waals surface area contributed by atoms with Crippen molar-refractivity contribution < 1.29 is 18.5 Å². The Balaban J connectivity index is 2.30. The number of hydrogen-bond donors (Lipinski definition) is 1. The second kappa shape index (κ2) is 5.84. The number of hydrogen-bond acceptors (Lipinski definition) is 3. The molecule has 0 bridgehead atoms. The molecule has 0 aliphatic carbocycles. The van der Waals surface area contributed by atoms with Crippen LogP contribution in [0.15, 0.2) is 36.4 Å². The van der Waals surface area contributed by atoms with E-state index in [1.165, 1.54) is 18.2 Å². The highest BCUT2D eigenvalue weighted by molar-refractivity contribution is 6.32. The Morgan fingerprint density at radius 1 is 1.24 bits per heavy atom. The summed E-state index contributed by atoms with van der Waals surface area (Å²) >= 11 is 5.63. The number of nitrogens with one attached hydrogen (secondary N) is 1. The topological polar surface area (TPSA) is 72.2 Å². The summed E-state index contributed by atoms with van der Waals surface area (Å²) < 4.78 is 26.5. The molecule has 21 heavy (non-hydrogen) atoms. The molecule has 0 heterocycles. The van der Waals surface area contributed by atoms with Crippen molar-refractivity contribution in [2.75, 3.05) is 5.32 Å². The first-order valence-corrected chi connectivity index (χ1v) is 5.97. The van der Waals surface area contributed by atoms with Gasteiger partial charge in [-0.05, 0) is 24.3 Å². The summed E-state index contributed by atoms with van der Waals surface area (Å²) in [5.74, 6) is -3.38. The number of nitrogens with zero attached hydrogens (tertiary/aromatic N) is 1. The summed E-state index contributed by atoms with van der Waals surface area (Å²) in [5, 5.41) is 12.9. The highest BCUT2D eigenvalue weighted by Gasteiger charge is 2.17. The van der Waals surface area contributed by atoms with Gasteiger partial charge in [0.2, 0.25) is 0 Å². The Kier molecular flexibility index (Phi) is 4.13. The van der Waals surface area contributed by atoms with E-state index in [0.29, 0.717) is 0 Å². The van der Waals surface area contributed by atoms with Gasteiger partial charge < -0.3 is 5.32 Å². The number of nitro benzene ring substituents is 1. The average molecular weight is 313 g/mol. The molecule has 1 amide bonds. The lowest BCUT2D eigenvalue weighted by Gasteiger charge is -2.07. The predicted molar refractivity (Wildman–Crippen MR) is 72.4 cm³/mol. The quantitative estimate of drug-likeness (QED) is 0.692. The fourth-order valence-electron chi connectivity index (χ4n) is 1.61. The van der Waals surface area contributed by atoms with Crippen LogP contribution < -0.4 is 5.32 Å². The normalized spacial score (nSPS) is 10.2. The summed E-state index contributed by atoms with van der Waals surface area (Å²) in [5.41, 5.74) is -0.874. The van der Waals surface area contributed by atoms with Gasteiger partial charge in [-0.1, -0.05) is 17.7 Å². The fraction of sp³-hybridized carbons (Fsp3) is 0. The molecule has 1 N–H and O–H groups in total. The van der Waals surface area contributed by atoms with Crippen LogP contribution in [0.5, 0.6) is 0 Å². The zero-order valence-corrected chi connectivity index (χ0v) is 11.0. The third-order valence-corrected chi connectivity index (χ3v) is 2.92. The second-order valence-corrected chi connectivity index (χ2v) is 4.39. The molecule has 0 aromatic heterocycles. The third-order valence-electron chi connectivity index (χ3n) is 2.60. The molecule has 2 rings (SSSR count). The summed E-state index contributed by atoms with van der Waals surface area (Å²) in [6, 6.07) is 6.70. The van der Waals surface area contributed by atoms with Crippen molar-refractivity contribution in [3.8, 4) is 0 Å². The number of halogens is 3. The van der Waals surface area contributed by atoms with Gasteiger partial charge in [-0.25, -0.2) is 8.78 Å². The maximum atomic E-state index is 13.5. The molecule has 2 aromatic carbocycles. The number of carbonyl (C=O) groups is 1. The molecule has 0 saturated heterocycles. The Bertz CT molecular complexity index is 737. The Morgan fingerprint density at radius 2 is 1.95 bits per heavy atom. The van der Waals surface area contributed by atoms with Gasteiger partial charge in [0.1, 0.15) is 5.02 Å². The Hall–Kier alpha value is -2.54. The molecule has 0 aliphatic heterocycles. The lowest BCUT2D eigenvalue weighted by atomic mass is 10.2. The van der Waals surface area contributed by atoms with Crippen LogP contribution in [0.25, 0.3) is 0 Å². The fourth-order valence-corrected chi connectivity index (χ4v) is 1.79. The van der Waals surface area contributed by atoms with Crippen molar-refractivity contribution in [3.05, 3.63) is 68.7 Å². The van der Waals surface area contributed by atoms with E-state index in [-0.39, 0.29) is 10.7 Å². The first-order valence-electron chi connectivity index (χ1n) is 5.59. The van der Waals surface area contributed by atoms with Crippen LogP contribution in [0.1, 0.15) is 10.4 Å². The minimum Gasteiger partial charge on any atom is -0.322 e. The van der Waals surface area contributed by atoms with Gasteiger partial charge in [0.15, 0.2) is 11.6 Å². The smallest absolute Gasteiger partial charge is 0.289 e. The van der Waals surface area contributed by atoms with E-state index in [1.54, 1.807) is 0 Å². The van der Waals surface area contributed by atoms with Gasteiger partial charge in [0.05, 0.1) is 10.5 Å². The second-order valence-electron chi connectivity index (χ2n) is 3.98. The number of carbonyl (C=O) groups excluding carboxylic acids is 1. The van der Waals surface area contributed by atoms with Crippen molar-refractivity contribution in [2.45, 2.75) is 0 Å². The standard InChI is InChI=1S/C13H7ClF2N2O3/c14-9-5-4-7(6-11(9)18(20)21)17-13(19)8-2-1-3-10(15)12(8)16/h1-6H,(H,17,19). The predicted octanol–water partition coefficient (Wildman–Crippen LogP) is 3.78. The van der Waals surface area contributed by atoms with Crippen molar-refractivity contribution in [1.82, 2.24) is 0 Å². The highest BCUT2D eigenvalue weighted by Crippen LogP contribution is 2.27. The number of amides is 1. The van der Waals surface area contributed by atoms with Gasteiger partial charge in [-0.2, -0.15) is 0 Å². The van der Waals surface area contributed by atoms with E-state index in [9.17, 15) is 23.7 Å². The molecule has 0 atom stereocenters. The molecule has 0 radical (unpaired) electrons. The maximum Gasteiger partial charge on any atom is 0.289 e. The maximum absolute atomic E-state index is 13.5. The average Bonchev–Trinajstić information content (AvgIpc) is 2.43. The molecule has 5 nitrogen and oxygen atoms in total. The number of anilines is 1. The van der Waals surface area contributed by atoms with E-state index in [1.807, 2.05) is 0 Å². The van der Waals surface area contributed by atoms with Gasteiger partial charge in [0.25, 0.3) is 11.6 Å². The zero-order valence-electron chi connectivity index (χ0n) is 10.3. The molecule has 0 unspecified atom stereocenters.